The number of fused-ring (bicyclic) bond motifs is 1. The molecular weight excluding hydrogens is 310 g/mol. The number of hydrogen-bond acceptors (Lipinski definition) is 3. The van der Waals surface area contributed by atoms with Crippen LogP contribution in [0.4, 0.5) is 5.69 Å². The van der Waals surface area contributed by atoms with Gasteiger partial charge in [0, 0.05) is 31.1 Å². The Balaban J connectivity index is 1.38. The summed E-state index contributed by atoms with van der Waals surface area (Å²) in [5.41, 5.74) is 3.21. The molecule has 0 saturated carbocycles. The molecule has 0 aliphatic carbocycles. The topological polar surface area (TPSA) is 54.0 Å². The van der Waals surface area contributed by atoms with Crippen molar-refractivity contribution in [1.29, 1.82) is 0 Å². The molecule has 4 heteroatoms. The van der Waals surface area contributed by atoms with Gasteiger partial charge in [0.05, 0.1) is 11.2 Å². The van der Waals surface area contributed by atoms with Crippen molar-refractivity contribution in [3.63, 3.8) is 0 Å². The minimum atomic E-state index is 0.0776. The number of carbonyl (C=O) groups excluding carboxylic acids is 1. The number of nitrogens with one attached hydrogen (secondary N) is 2. The van der Waals surface area contributed by atoms with Crippen LogP contribution >= 0.6 is 0 Å². The highest BCUT2D eigenvalue weighted by Gasteiger charge is 2.03. The molecule has 3 aromatic rings. The van der Waals surface area contributed by atoms with Gasteiger partial charge in [0.1, 0.15) is 0 Å². The largest absolute Gasteiger partial charge is 0.383 e. The Labute approximate surface area is 148 Å². The molecular formula is C21H23N3O. The van der Waals surface area contributed by atoms with Crippen LogP contribution < -0.4 is 10.6 Å². The van der Waals surface area contributed by atoms with Crippen LogP contribution in [0.1, 0.15) is 18.4 Å². The van der Waals surface area contributed by atoms with Crippen molar-refractivity contribution in [1.82, 2.24) is 10.3 Å². The number of aryl methyl sites for hydroxylation is 1. The molecule has 0 fully saturated rings. The van der Waals surface area contributed by atoms with E-state index in [0.717, 1.165) is 29.4 Å². The molecule has 1 amide bonds. The molecule has 1 heterocycles. The lowest BCUT2D eigenvalue weighted by atomic mass is 10.1. The number of hydrogen-bond donors (Lipinski definition) is 2. The molecule has 0 atom stereocenters. The Hall–Kier alpha value is -2.88. The fourth-order valence-corrected chi connectivity index (χ4v) is 2.81. The Bertz CT molecular complexity index is 812. The van der Waals surface area contributed by atoms with Crippen LogP contribution in [0.3, 0.4) is 0 Å². The zero-order valence-corrected chi connectivity index (χ0v) is 14.2. The molecule has 0 unspecified atom stereocenters. The lowest BCUT2D eigenvalue weighted by Crippen LogP contribution is -2.26. The summed E-state index contributed by atoms with van der Waals surface area (Å²) in [7, 11) is 0. The van der Waals surface area contributed by atoms with Gasteiger partial charge in [-0.3, -0.25) is 9.78 Å². The van der Waals surface area contributed by atoms with Crippen molar-refractivity contribution in [2.45, 2.75) is 19.3 Å². The number of carbonyl (C=O) groups is 1. The molecule has 2 N–H and O–H groups in total. The molecule has 3 rings (SSSR count). The minimum Gasteiger partial charge on any atom is -0.383 e. The molecule has 128 valence electrons. The highest BCUT2D eigenvalue weighted by molar-refractivity contribution is 5.90. The highest BCUT2D eigenvalue weighted by Crippen LogP contribution is 2.20. The molecule has 0 aliphatic rings. The van der Waals surface area contributed by atoms with Gasteiger partial charge in [-0.2, -0.15) is 0 Å². The van der Waals surface area contributed by atoms with E-state index in [1.807, 2.05) is 48.5 Å². The van der Waals surface area contributed by atoms with Gasteiger partial charge < -0.3 is 10.6 Å². The van der Waals surface area contributed by atoms with Crippen LogP contribution in [-0.4, -0.2) is 24.0 Å². The summed E-state index contributed by atoms with van der Waals surface area (Å²) in [6.07, 6.45) is 4.18. The maximum absolute atomic E-state index is 11.9. The molecule has 0 saturated heterocycles. The number of pyridine rings is 1. The quantitative estimate of drug-likeness (QED) is 0.617. The first-order valence-electron chi connectivity index (χ1n) is 8.71. The fourth-order valence-electron chi connectivity index (χ4n) is 2.81. The van der Waals surface area contributed by atoms with E-state index in [-0.39, 0.29) is 5.91 Å². The number of para-hydroxylation sites is 1. The van der Waals surface area contributed by atoms with Crippen LogP contribution in [-0.2, 0) is 11.2 Å². The van der Waals surface area contributed by atoms with Gasteiger partial charge in [0.15, 0.2) is 0 Å². The Kier molecular flexibility index (Phi) is 5.99. The van der Waals surface area contributed by atoms with Crippen LogP contribution in [0.5, 0.6) is 0 Å². The Morgan fingerprint density at radius 1 is 0.920 bits per heavy atom. The first kappa shape index (κ1) is 17.0. The predicted octanol–water partition coefficient (Wildman–Crippen LogP) is 3.79. The van der Waals surface area contributed by atoms with E-state index in [1.165, 1.54) is 5.56 Å². The summed E-state index contributed by atoms with van der Waals surface area (Å²) in [4.78, 5) is 16.3. The second-order valence-corrected chi connectivity index (χ2v) is 6.00. The number of amides is 1. The summed E-state index contributed by atoms with van der Waals surface area (Å²) < 4.78 is 0. The van der Waals surface area contributed by atoms with Gasteiger partial charge in [0.2, 0.25) is 5.91 Å². The number of nitrogens with zero attached hydrogens (tertiary/aromatic N) is 1. The average molecular weight is 333 g/mol. The van der Waals surface area contributed by atoms with Gasteiger partial charge in [-0.15, -0.1) is 0 Å². The summed E-state index contributed by atoms with van der Waals surface area (Å²) in [5.74, 6) is 0.0776. The fraction of sp³-hybridized carbons (Fsp3) is 0.238. The van der Waals surface area contributed by atoms with Crippen molar-refractivity contribution in [2.24, 2.45) is 0 Å². The first-order chi connectivity index (χ1) is 12.3. The number of aromatic nitrogens is 1. The maximum atomic E-state index is 11.9. The number of benzene rings is 2. The van der Waals surface area contributed by atoms with Crippen LogP contribution in [0.2, 0.25) is 0 Å². The van der Waals surface area contributed by atoms with Crippen molar-refractivity contribution in [3.8, 4) is 0 Å². The molecule has 1 aromatic heterocycles. The predicted molar refractivity (Wildman–Crippen MR) is 103 cm³/mol. The van der Waals surface area contributed by atoms with E-state index in [1.54, 1.807) is 6.20 Å². The van der Waals surface area contributed by atoms with Gasteiger partial charge >= 0.3 is 0 Å². The third kappa shape index (κ3) is 5.05. The van der Waals surface area contributed by atoms with E-state index in [0.29, 0.717) is 19.5 Å². The molecule has 4 nitrogen and oxygen atoms in total. The van der Waals surface area contributed by atoms with E-state index in [9.17, 15) is 4.79 Å². The Morgan fingerprint density at radius 2 is 1.76 bits per heavy atom. The zero-order valence-electron chi connectivity index (χ0n) is 14.2. The third-order valence-electron chi connectivity index (χ3n) is 4.11. The van der Waals surface area contributed by atoms with Crippen molar-refractivity contribution in [2.75, 3.05) is 18.4 Å². The van der Waals surface area contributed by atoms with Gasteiger partial charge in [-0.05, 0) is 30.5 Å². The highest BCUT2D eigenvalue weighted by atomic mass is 16.1. The smallest absolute Gasteiger partial charge is 0.221 e. The molecule has 2 aromatic carbocycles. The number of anilines is 1. The van der Waals surface area contributed by atoms with Crippen molar-refractivity contribution >= 4 is 22.5 Å². The van der Waals surface area contributed by atoms with Crippen molar-refractivity contribution < 1.29 is 4.79 Å². The molecule has 0 spiro atoms. The SMILES string of the molecule is O=C(CCNc1cccc2cccnc12)NCCCc1ccccc1. The summed E-state index contributed by atoms with van der Waals surface area (Å²) in [5, 5.41) is 7.39. The molecule has 0 aliphatic heterocycles. The summed E-state index contributed by atoms with van der Waals surface area (Å²) in [6, 6.07) is 20.3. The van der Waals surface area contributed by atoms with Gasteiger partial charge in [0.25, 0.3) is 0 Å². The molecule has 0 bridgehead atoms. The van der Waals surface area contributed by atoms with Crippen LogP contribution in [0.15, 0.2) is 66.9 Å². The van der Waals surface area contributed by atoms with Gasteiger partial charge in [-0.1, -0.05) is 48.5 Å². The van der Waals surface area contributed by atoms with E-state index in [2.05, 4.69) is 27.8 Å². The molecule has 0 radical (unpaired) electrons. The van der Waals surface area contributed by atoms with Gasteiger partial charge in [-0.25, -0.2) is 0 Å². The second-order valence-electron chi connectivity index (χ2n) is 6.00. The normalized spacial score (nSPS) is 10.6. The first-order valence-corrected chi connectivity index (χ1v) is 8.71. The van der Waals surface area contributed by atoms with Crippen molar-refractivity contribution in [3.05, 3.63) is 72.4 Å². The summed E-state index contributed by atoms with van der Waals surface area (Å²) in [6.45, 7) is 1.31. The number of rotatable bonds is 8. The van der Waals surface area contributed by atoms with Crippen LogP contribution in [0, 0.1) is 0 Å². The second kappa shape index (κ2) is 8.83. The van der Waals surface area contributed by atoms with E-state index >= 15 is 0 Å². The zero-order chi connectivity index (χ0) is 17.3. The van der Waals surface area contributed by atoms with Crippen LogP contribution in [0.25, 0.3) is 10.9 Å². The monoisotopic (exact) mass is 333 g/mol. The van der Waals surface area contributed by atoms with E-state index in [4.69, 9.17) is 0 Å². The average Bonchev–Trinajstić information content (AvgIpc) is 2.66. The maximum Gasteiger partial charge on any atom is 0.221 e. The lowest BCUT2D eigenvalue weighted by molar-refractivity contribution is -0.120. The minimum absolute atomic E-state index is 0.0776. The summed E-state index contributed by atoms with van der Waals surface area (Å²) >= 11 is 0. The lowest BCUT2D eigenvalue weighted by Gasteiger charge is -2.09. The molecule has 25 heavy (non-hydrogen) atoms. The standard InChI is InChI=1S/C21H23N3O/c25-20(23-14-5-9-17-7-2-1-3-8-17)13-16-22-19-12-4-10-18-11-6-15-24-21(18)19/h1-4,6-8,10-12,15,22H,5,9,13-14,16H2,(H,23,25). The Morgan fingerprint density at radius 3 is 2.64 bits per heavy atom. The third-order valence-corrected chi connectivity index (χ3v) is 4.11. The van der Waals surface area contributed by atoms with E-state index < -0.39 is 0 Å².